The predicted molar refractivity (Wildman–Crippen MR) is 93.1 cm³/mol. The van der Waals surface area contributed by atoms with Crippen molar-refractivity contribution < 1.29 is 14.3 Å². The van der Waals surface area contributed by atoms with Crippen LogP contribution in [0.2, 0.25) is 0 Å². The molecule has 0 unspecified atom stereocenters. The lowest BCUT2D eigenvalue weighted by Crippen LogP contribution is -2.17. The van der Waals surface area contributed by atoms with Crippen molar-refractivity contribution in [3.05, 3.63) is 59.7 Å². The van der Waals surface area contributed by atoms with Crippen molar-refractivity contribution in [1.82, 2.24) is 0 Å². The quantitative estimate of drug-likeness (QED) is 0.805. The predicted octanol–water partition coefficient (Wildman–Crippen LogP) is 4.16. The molecular formula is C18H22ClNO3. The lowest BCUT2D eigenvalue weighted by atomic mass is 10.0. The molecule has 0 fully saturated rings. The molecular weight excluding hydrogens is 314 g/mol. The average Bonchev–Trinajstić information content (AvgIpc) is 2.47. The van der Waals surface area contributed by atoms with E-state index in [0.29, 0.717) is 12.4 Å². The zero-order chi connectivity index (χ0) is 15.9. The summed E-state index contributed by atoms with van der Waals surface area (Å²) in [5.41, 5.74) is 8.03. The first-order valence-electron chi connectivity index (χ1n) is 7.34. The third kappa shape index (κ3) is 5.93. The number of ether oxygens (including phenoxy) is 2. The molecule has 0 aromatic heterocycles. The fourth-order valence-corrected chi connectivity index (χ4v) is 2.14. The maximum atomic E-state index is 11.5. The summed E-state index contributed by atoms with van der Waals surface area (Å²) in [6.45, 7) is 4.15. The van der Waals surface area contributed by atoms with Gasteiger partial charge in [0.05, 0.1) is 13.0 Å². The highest BCUT2D eigenvalue weighted by Gasteiger charge is 2.13. The van der Waals surface area contributed by atoms with E-state index in [1.54, 1.807) is 6.92 Å². The van der Waals surface area contributed by atoms with Crippen molar-refractivity contribution in [2.45, 2.75) is 26.3 Å². The lowest BCUT2D eigenvalue weighted by Gasteiger charge is -2.13. The van der Waals surface area contributed by atoms with Crippen LogP contribution in [0.1, 0.15) is 30.5 Å². The second-order valence-electron chi connectivity index (χ2n) is 5.11. The van der Waals surface area contributed by atoms with Gasteiger partial charge < -0.3 is 15.2 Å². The molecule has 2 aromatic carbocycles. The van der Waals surface area contributed by atoms with Crippen LogP contribution in [0.25, 0.3) is 0 Å². The van der Waals surface area contributed by atoms with Crippen LogP contribution < -0.4 is 10.5 Å². The molecule has 2 N–H and O–H groups in total. The number of nitrogens with two attached hydrogens (primary N) is 1. The minimum atomic E-state index is -0.403. The topological polar surface area (TPSA) is 61.5 Å². The molecule has 2 rings (SSSR count). The summed E-state index contributed by atoms with van der Waals surface area (Å²) in [4.78, 5) is 11.5. The van der Waals surface area contributed by atoms with E-state index < -0.39 is 6.04 Å². The van der Waals surface area contributed by atoms with E-state index in [4.69, 9.17) is 15.2 Å². The van der Waals surface area contributed by atoms with Gasteiger partial charge in [-0.15, -0.1) is 12.4 Å². The van der Waals surface area contributed by atoms with Gasteiger partial charge >= 0.3 is 5.97 Å². The van der Waals surface area contributed by atoms with Crippen molar-refractivity contribution in [2.75, 3.05) is 6.61 Å². The van der Waals surface area contributed by atoms with Crippen LogP contribution in [0.3, 0.4) is 0 Å². The molecule has 1 atom stereocenters. The molecule has 124 valence electrons. The minimum absolute atomic E-state index is 0. The van der Waals surface area contributed by atoms with E-state index in [1.165, 1.54) is 0 Å². The van der Waals surface area contributed by atoms with Gasteiger partial charge in [0.15, 0.2) is 0 Å². The monoisotopic (exact) mass is 335 g/mol. The first-order chi connectivity index (χ1) is 10.6. The average molecular weight is 336 g/mol. The highest BCUT2D eigenvalue weighted by molar-refractivity contribution is 5.85. The van der Waals surface area contributed by atoms with Crippen molar-refractivity contribution in [1.29, 1.82) is 0 Å². The highest BCUT2D eigenvalue weighted by atomic mass is 35.5. The lowest BCUT2D eigenvalue weighted by molar-refractivity contribution is -0.143. The van der Waals surface area contributed by atoms with Crippen LogP contribution in [-0.2, 0) is 9.53 Å². The summed E-state index contributed by atoms with van der Waals surface area (Å²) in [7, 11) is 0. The van der Waals surface area contributed by atoms with Gasteiger partial charge in [0.25, 0.3) is 0 Å². The summed E-state index contributed by atoms with van der Waals surface area (Å²) in [5, 5.41) is 0. The van der Waals surface area contributed by atoms with E-state index in [2.05, 4.69) is 0 Å². The SMILES string of the molecule is CCOC(=O)C[C@H](N)c1cccc(Oc2cccc(C)c2)c1.Cl. The van der Waals surface area contributed by atoms with Crippen LogP contribution >= 0.6 is 12.4 Å². The Kier molecular flexibility index (Phi) is 7.59. The van der Waals surface area contributed by atoms with Gasteiger partial charge in [0.2, 0.25) is 0 Å². The Morgan fingerprint density at radius 3 is 2.43 bits per heavy atom. The van der Waals surface area contributed by atoms with Gasteiger partial charge in [-0.3, -0.25) is 4.79 Å². The van der Waals surface area contributed by atoms with Gasteiger partial charge in [0.1, 0.15) is 11.5 Å². The summed E-state index contributed by atoms with van der Waals surface area (Å²) >= 11 is 0. The number of hydrogen-bond acceptors (Lipinski definition) is 4. The van der Waals surface area contributed by atoms with Gasteiger partial charge in [-0.2, -0.15) is 0 Å². The van der Waals surface area contributed by atoms with Crippen molar-refractivity contribution >= 4 is 18.4 Å². The molecule has 0 aliphatic rings. The molecule has 2 aromatic rings. The number of halogens is 1. The standard InChI is InChI=1S/C18H21NO3.ClH/c1-3-21-18(20)12-17(19)14-7-5-9-16(11-14)22-15-8-4-6-13(2)10-15;/h4-11,17H,3,12,19H2,1-2H3;1H/t17-;/m0./s1. The first-order valence-corrected chi connectivity index (χ1v) is 7.34. The summed E-state index contributed by atoms with van der Waals surface area (Å²) in [5.74, 6) is 1.18. The maximum Gasteiger partial charge on any atom is 0.307 e. The Balaban J connectivity index is 0.00000264. The van der Waals surface area contributed by atoms with E-state index in [0.717, 1.165) is 16.9 Å². The Bertz CT molecular complexity index is 646. The summed E-state index contributed by atoms with van der Waals surface area (Å²) in [6.07, 6.45) is 0.155. The second kappa shape index (κ2) is 9.18. The fraction of sp³-hybridized carbons (Fsp3) is 0.278. The molecule has 0 heterocycles. The third-order valence-corrected chi connectivity index (χ3v) is 3.20. The smallest absolute Gasteiger partial charge is 0.307 e. The molecule has 0 aliphatic carbocycles. The number of esters is 1. The molecule has 4 nitrogen and oxygen atoms in total. The van der Waals surface area contributed by atoms with Gasteiger partial charge in [0, 0.05) is 6.04 Å². The Hall–Kier alpha value is -2.04. The number of carbonyl (C=O) groups excluding carboxylic acids is 1. The molecule has 5 heteroatoms. The van der Waals surface area contributed by atoms with Gasteiger partial charge in [-0.25, -0.2) is 0 Å². The van der Waals surface area contributed by atoms with Crippen molar-refractivity contribution in [3.8, 4) is 11.5 Å². The van der Waals surface area contributed by atoms with Crippen LogP contribution in [-0.4, -0.2) is 12.6 Å². The molecule has 0 aliphatic heterocycles. The van der Waals surface area contributed by atoms with E-state index in [1.807, 2.05) is 55.5 Å². The molecule has 23 heavy (non-hydrogen) atoms. The van der Waals surface area contributed by atoms with Crippen molar-refractivity contribution in [3.63, 3.8) is 0 Å². The van der Waals surface area contributed by atoms with Crippen LogP contribution in [0, 0.1) is 6.92 Å². The van der Waals surface area contributed by atoms with E-state index in [-0.39, 0.29) is 24.8 Å². The largest absolute Gasteiger partial charge is 0.466 e. The number of carbonyl (C=O) groups is 1. The van der Waals surface area contributed by atoms with Gasteiger partial charge in [-0.1, -0.05) is 24.3 Å². The Labute approximate surface area is 143 Å². The molecule has 0 radical (unpaired) electrons. The van der Waals surface area contributed by atoms with Gasteiger partial charge in [-0.05, 0) is 49.2 Å². The summed E-state index contributed by atoms with van der Waals surface area (Å²) in [6, 6.07) is 14.9. The number of rotatable bonds is 6. The third-order valence-electron chi connectivity index (χ3n) is 3.20. The van der Waals surface area contributed by atoms with E-state index in [9.17, 15) is 4.79 Å². The van der Waals surface area contributed by atoms with E-state index >= 15 is 0 Å². The zero-order valence-corrected chi connectivity index (χ0v) is 14.1. The Morgan fingerprint density at radius 2 is 1.78 bits per heavy atom. The van der Waals surface area contributed by atoms with Crippen LogP contribution in [0.5, 0.6) is 11.5 Å². The molecule has 0 saturated heterocycles. The minimum Gasteiger partial charge on any atom is -0.466 e. The number of benzene rings is 2. The molecule has 0 saturated carbocycles. The highest BCUT2D eigenvalue weighted by Crippen LogP contribution is 2.25. The second-order valence-corrected chi connectivity index (χ2v) is 5.11. The van der Waals surface area contributed by atoms with Crippen LogP contribution in [0.15, 0.2) is 48.5 Å². The maximum absolute atomic E-state index is 11.5. The van der Waals surface area contributed by atoms with Crippen molar-refractivity contribution in [2.24, 2.45) is 5.73 Å². The molecule has 0 spiro atoms. The molecule has 0 amide bonds. The van der Waals surface area contributed by atoms with Crippen LogP contribution in [0.4, 0.5) is 0 Å². The Morgan fingerprint density at radius 1 is 1.13 bits per heavy atom. The molecule has 0 bridgehead atoms. The number of hydrogen-bond donors (Lipinski definition) is 1. The zero-order valence-electron chi connectivity index (χ0n) is 13.3. The normalized spacial score (nSPS) is 11.3. The summed E-state index contributed by atoms with van der Waals surface area (Å²) < 4.78 is 10.8. The fourth-order valence-electron chi connectivity index (χ4n) is 2.14. The number of aryl methyl sites for hydroxylation is 1. The first kappa shape index (κ1) is 19.0.